The third-order valence-corrected chi connectivity index (χ3v) is 1.96. The Balaban J connectivity index is 0.00000128. The number of cyclic esters (lactones) is 2. The minimum absolute atomic E-state index is 0. The lowest BCUT2D eigenvalue weighted by Crippen LogP contribution is -2.00. The fourth-order valence-electron chi connectivity index (χ4n) is 1.23. The van der Waals surface area contributed by atoms with Crippen molar-refractivity contribution >= 4 is 18.0 Å². The van der Waals surface area contributed by atoms with Crippen molar-refractivity contribution in [1.29, 1.82) is 0 Å². The van der Waals surface area contributed by atoms with Gasteiger partial charge in [0.1, 0.15) is 0 Å². The number of carbonyl (C=O) groups excluding carboxylic acids is 2. The van der Waals surface area contributed by atoms with Crippen LogP contribution in [0.1, 0.15) is 5.56 Å². The lowest BCUT2D eigenvalue weighted by atomic mass is 10.1. The highest BCUT2D eigenvalue weighted by molar-refractivity contribution is 6.10. The van der Waals surface area contributed by atoms with Crippen LogP contribution in [0.4, 0.5) is 0 Å². The summed E-state index contributed by atoms with van der Waals surface area (Å²) in [5.74, 6) is -1.19. The van der Waals surface area contributed by atoms with Crippen molar-refractivity contribution in [3.63, 3.8) is 0 Å². The van der Waals surface area contributed by atoms with Crippen LogP contribution in [0.2, 0.25) is 0 Å². The molecule has 0 aromatic heterocycles. The summed E-state index contributed by atoms with van der Waals surface area (Å²) in [5, 5.41) is 0. The number of carbonyl (C=O) groups is 2. The molecule has 82 valence electrons. The van der Waals surface area contributed by atoms with E-state index < -0.39 is 11.9 Å². The smallest absolute Gasteiger partial charge is 0.346 e. The van der Waals surface area contributed by atoms with Gasteiger partial charge in [0.05, 0.1) is 5.57 Å². The Morgan fingerprint density at radius 3 is 2.25 bits per heavy atom. The van der Waals surface area contributed by atoms with E-state index in [1.807, 2.05) is 30.3 Å². The number of benzene rings is 1. The van der Waals surface area contributed by atoms with Crippen molar-refractivity contribution in [3.05, 3.63) is 53.6 Å². The number of hydrogen-bond donors (Lipinski definition) is 0. The van der Waals surface area contributed by atoms with Gasteiger partial charge in [-0.2, -0.15) is 0 Å². The summed E-state index contributed by atoms with van der Waals surface area (Å²) in [6.07, 6.45) is 4.51. The number of rotatable bonds is 2. The van der Waals surface area contributed by atoms with Crippen molar-refractivity contribution in [2.75, 3.05) is 0 Å². The van der Waals surface area contributed by atoms with E-state index in [-0.39, 0.29) is 11.0 Å². The zero-order valence-corrected chi connectivity index (χ0v) is 8.34. The van der Waals surface area contributed by atoms with Crippen LogP contribution >= 0.6 is 0 Å². The number of ether oxygens (including phenoxy) is 1. The molecule has 0 saturated carbocycles. The number of esters is 2. The molecule has 4 heteroatoms. The summed E-state index contributed by atoms with van der Waals surface area (Å²) < 4.78 is 4.34. The zero-order valence-electron chi connectivity index (χ0n) is 8.34. The fraction of sp³-hybridized carbons (Fsp3) is 0. The van der Waals surface area contributed by atoms with Crippen LogP contribution in [0.25, 0.3) is 6.08 Å². The monoisotopic (exact) mass is 218 g/mol. The van der Waals surface area contributed by atoms with Gasteiger partial charge in [-0.15, -0.1) is 0 Å². The van der Waals surface area contributed by atoms with Gasteiger partial charge in [0.15, 0.2) is 0 Å². The molecule has 2 N–H and O–H groups in total. The molecule has 0 bridgehead atoms. The van der Waals surface area contributed by atoms with E-state index in [1.54, 1.807) is 12.2 Å². The normalized spacial score (nSPS) is 14.6. The lowest BCUT2D eigenvalue weighted by molar-refractivity contribution is -0.150. The van der Waals surface area contributed by atoms with Gasteiger partial charge in [0, 0.05) is 6.08 Å². The van der Waals surface area contributed by atoms with Gasteiger partial charge in [-0.25, -0.2) is 9.59 Å². The molecule has 0 amide bonds. The van der Waals surface area contributed by atoms with Gasteiger partial charge < -0.3 is 10.2 Å². The minimum Gasteiger partial charge on any atom is -0.412 e. The molecule has 1 aliphatic heterocycles. The maximum atomic E-state index is 11.0. The Kier molecular flexibility index (Phi) is 3.74. The van der Waals surface area contributed by atoms with Crippen LogP contribution in [-0.4, -0.2) is 17.4 Å². The molecular weight excluding hydrogens is 208 g/mol. The summed E-state index contributed by atoms with van der Waals surface area (Å²) in [7, 11) is 0. The molecule has 0 atom stereocenters. The van der Waals surface area contributed by atoms with Gasteiger partial charge in [-0.1, -0.05) is 36.4 Å². The molecule has 0 saturated heterocycles. The Morgan fingerprint density at radius 2 is 1.69 bits per heavy atom. The highest BCUT2D eigenvalue weighted by Crippen LogP contribution is 2.11. The van der Waals surface area contributed by atoms with Crippen LogP contribution < -0.4 is 0 Å². The van der Waals surface area contributed by atoms with Crippen LogP contribution in [0.5, 0.6) is 0 Å². The third-order valence-electron chi connectivity index (χ3n) is 1.96. The molecule has 1 heterocycles. The van der Waals surface area contributed by atoms with E-state index in [9.17, 15) is 9.59 Å². The van der Waals surface area contributed by atoms with E-state index in [0.717, 1.165) is 5.56 Å². The molecule has 0 unspecified atom stereocenters. The quantitative estimate of drug-likeness (QED) is 0.546. The van der Waals surface area contributed by atoms with Crippen LogP contribution in [0.3, 0.4) is 0 Å². The summed E-state index contributed by atoms with van der Waals surface area (Å²) in [6, 6.07) is 9.50. The highest BCUT2D eigenvalue weighted by Gasteiger charge is 2.20. The van der Waals surface area contributed by atoms with Crippen molar-refractivity contribution in [3.8, 4) is 0 Å². The largest absolute Gasteiger partial charge is 0.412 e. The molecular formula is C12H10O4. The van der Waals surface area contributed by atoms with Crippen LogP contribution in [-0.2, 0) is 14.3 Å². The van der Waals surface area contributed by atoms with Crippen molar-refractivity contribution in [1.82, 2.24) is 0 Å². The van der Waals surface area contributed by atoms with E-state index in [0.29, 0.717) is 0 Å². The van der Waals surface area contributed by atoms with E-state index in [4.69, 9.17) is 0 Å². The SMILES string of the molecule is O.O=C1C=C(/C=C/c2ccccc2)C(=O)O1. The summed E-state index contributed by atoms with van der Waals surface area (Å²) in [6.45, 7) is 0. The molecule has 1 aliphatic rings. The standard InChI is InChI=1S/C12H8O3.H2O/c13-11-8-10(12(14)15-11)7-6-9-4-2-1-3-5-9;/h1-8H;1H2/b7-6+;. The van der Waals surface area contributed by atoms with Crippen molar-refractivity contribution in [2.24, 2.45) is 0 Å². The summed E-state index contributed by atoms with van der Waals surface area (Å²) >= 11 is 0. The summed E-state index contributed by atoms with van der Waals surface area (Å²) in [4.78, 5) is 21.8. The first-order chi connectivity index (χ1) is 7.25. The molecule has 1 aromatic carbocycles. The summed E-state index contributed by atoms with van der Waals surface area (Å²) in [5.41, 5.74) is 1.24. The van der Waals surface area contributed by atoms with Gasteiger partial charge in [-0.05, 0) is 11.6 Å². The molecule has 16 heavy (non-hydrogen) atoms. The molecule has 4 nitrogen and oxygen atoms in total. The Hall–Kier alpha value is -2.20. The Morgan fingerprint density at radius 1 is 1.00 bits per heavy atom. The average molecular weight is 218 g/mol. The molecule has 0 aliphatic carbocycles. The second-order valence-electron chi connectivity index (χ2n) is 3.05. The minimum atomic E-state index is -0.604. The van der Waals surface area contributed by atoms with Gasteiger partial charge in [0.2, 0.25) is 0 Å². The van der Waals surface area contributed by atoms with E-state index >= 15 is 0 Å². The Bertz CT molecular complexity index is 457. The zero-order chi connectivity index (χ0) is 10.7. The Labute approximate surface area is 92.2 Å². The van der Waals surface area contributed by atoms with Crippen LogP contribution in [0, 0.1) is 0 Å². The maximum absolute atomic E-state index is 11.0. The molecule has 0 radical (unpaired) electrons. The van der Waals surface area contributed by atoms with E-state index in [2.05, 4.69) is 4.74 Å². The van der Waals surface area contributed by atoms with E-state index in [1.165, 1.54) is 6.08 Å². The first-order valence-corrected chi connectivity index (χ1v) is 4.47. The molecule has 0 fully saturated rings. The van der Waals surface area contributed by atoms with Gasteiger partial charge in [0.25, 0.3) is 0 Å². The predicted molar refractivity (Wildman–Crippen MR) is 58.3 cm³/mol. The highest BCUT2D eigenvalue weighted by atomic mass is 16.6. The lowest BCUT2D eigenvalue weighted by Gasteiger charge is -1.91. The predicted octanol–water partition coefficient (Wildman–Crippen LogP) is 0.885. The molecule has 0 spiro atoms. The third kappa shape index (κ3) is 2.65. The van der Waals surface area contributed by atoms with Crippen LogP contribution in [0.15, 0.2) is 48.1 Å². The second-order valence-corrected chi connectivity index (χ2v) is 3.05. The molecule has 2 rings (SSSR count). The second kappa shape index (κ2) is 5.04. The fourth-order valence-corrected chi connectivity index (χ4v) is 1.23. The maximum Gasteiger partial charge on any atom is 0.346 e. The van der Waals surface area contributed by atoms with Gasteiger partial charge in [-0.3, -0.25) is 0 Å². The molecule has 1 aromatic rings. The first-order valence-electron chi connectivity index (χ1n) is 4.47. The average Bonchev–Trinajstić information content (AvgIpc) is 2.56. The topological polar surface area (TPSA) is 74.9 Å². The first kappa shape index (κ1) is 11.9. The van der Waals surface area contributed by atoms with Crippen molar-refractivity contribution in [2.45, 2.75) is 0 Å². The van der Waals surface area contributed by atoms with Gasteiger partial charge >= 0.3 is 11.9 Å². The number of hydrogen-bond acceptors (Lipinski definition) is 3. The van der Waals surface area contributed by atoms with Crippen molar-refractivity contribution < 1.29 is 19.8 Å².